The zero-order valence-electron chi connectivity index (χ0n) is 17.7. The van der Waals surface area contributed by atoms with Crippen molar-refractivity contribution >= 4 is 23.3 Å². The molecule has 4 aliphatic rings. The van der Waals surface area contributed by atoms with E-state index in [1.54, 1.807) is 0 Å². The number of fused-ring (bicyclic) bond motifs is 5. The summed E-state index contributed by atoms with van der Waals surface area (Å²) in [5.74, 6) is -0.187. The highest BCUT2D eigenvalue weighted by Crippen LogP contribution is 2.67. The summed E-state index contributed by atoms with van der Waals surface area (Å²) < 4.78 is 4.87. The molecular formula is C23H32O6. The highest BCUT2D eigenvalue weighted by molar-refractivity contribution is 5.93. The van der Waals surface area contributed by atoms with Crippen LogP contribution in [0.5, 0.6) is 0 Å². The summed E-state index contributed by atoms with van der Waals surface area (Å²) in [4.78, 5) is 49.5. The highest BCUT2D eigenvalue weighted by Gasteiger charge is 2.69. The smallest absolute Gasteiger partial charge is 0.303 e. The van der Waals surface area contributed by atoms with Gasteiger partial charge in [0.25, 0.3) is 0 Å². The predicted molar refractivity (Wildman–Crippen MR) is 104 cm³/mol. The molecule has 4 aliphatic carbocycles. The fraction of sp³-hybridized carbons (Fsp3) is 0.826. The average molecular weight is 405 g/mol. The molecule has 4 fully saturated rings. The first-order valence-electron chi connectivity index (χ1n) is 11.0. The Bertz CT molecular complexity index is 773. The lowest BCUT2D eigenvalue weighted by molar-refractivity contribution is -0.180. The molecule has 6 heteroatoms. The van der Waals surface area contributed by atoms with Crippen molar-refractivity contribution in [3.8, 4) is 0 Å². The van der Waals surface area contributed by atoms with Gasteiger partial charge in [0.1, 0.15) is 17.2 Å². The number of carbonyl (C=O) groups excluding carboxylic acids is 4. The second-order valence-corrected chi connectivity index (χ2v) is 10.4. The Kier molecular flexibility index (Phi) is 4.80. The van der Waals surface area contributed by atoms with E-state index in [-0.39, 0.29) is 41.3 Å². The van der Waals surface area contributed by atoms with Gasteiger partial charge in [-0.2, -0.15) is 0 Å². The molecule has 160 valence electrons. The third-order valence-electron chi connectivity index (χ3n) is 9.19. The fourth-order valence-electron chi connectivity index (χ4n) is 7.61. The monoisotopic (exact) mass is 404 g/mol. The molecule has 0 saturated heterocycles. The van der Waals surface area contributed by atoms with Crippen molar-refractivity contribution in [1.29, 1.82) is 0 Å². The molecule has 0 heterocycles. The number of aliphatic hydroxyl groups is 1. The number of Topliss-reactive ketones (excluding diaryl/α,β-unsaturated/α-hetero) is 3. The molecule has 7 atom stereocenters. The Morgan fingerprint density at radius 2 is 1.86 bits per heavy atom. The van der Waals surface area contributed by atoms with Gasteiger partial charge >= 0.3 is 5.97 Å². The summed E-state index contributed by atoms with van der Waals surface area (Å²) >= 11 is 0. The van der Waals surface area contributed by atoms with Crippen LogP contribution in [-0.2, 0) is 23.9 Å². The molecule has 0 aromatic heterocycles. The second-order valence-electron chi connectivity index (χ2n) is 10.4. The van der Waals surface area contributed by atoms with Crippen LogP contribution in [0.3, 0.4) is 0 Å². The number of carbonyl (C=O) groups is 4. The summed E-state index contributed by atoms with van der Waals surface area (Å²) in [5.41, 5.74) is -2.61. The zero-order chi connectivity index (χ0) is 21.2. The molecule has 0 aromatic rings. The minimum Gasteiger partial charge on any atom is -0.458 e. The van der Waals surface area contributed by atoms with Crippen LogP contribution in [0.4, 0.5) is 0 Å². The number of ketones is 3. The Hall–Kier alpha value is -1.56. The van der Waals surface area contributed by atoms with E-state index in [4.69, 9.17) is 4.74 Å². The Morgan fingerprint density at radius 3 is 2.55 bits per heavy atom. The van der Waals surface area contributed by atoms with E-state index in [0.717, 1.165) is 19.3 Å². The van der Waals surface area contributed by atoms with Gasteiger partial charge in [0.15, 0.2) is 6.61 Å². The van der Waals surface area contributed by atoms with E-state index in [0.29, 0.717) is 31.5 Å². The van der Waals surface area contributed by atoms with Gasteiger partial charge in [-0.1, -0.05) is 13.8 Å². The van der Waals surface area contributed by atoms with E-state index >= 15 is 0 Å². The number of hydrogen-bond acceptors (Lipinski definition) is 6. The van der Waals surface area contributed by atoms with Crippen molar-refractivity contribution in [2.75, 3.05) is 6.61 Å². The minimum absolute atomic E-state index is 0.0849. The Morgan fingerprint density at radius 1 is 1.14 bits per heavy atom. The van der Waals surface area contributed by atoms with Crippen molar-refractivity contribution in [3.05, 3.63) is 0 Å². The van der Waals surface area contributed by atoms with Crippen LogP contribution in [0.1, 0.15) is 72.1 Å². The highest BCUT2D eigenvalue weighted by atomic mass is 16.5. The largest absolute Gasteiger partial charge is 0.458 e. The van der Waals surface area contributed by atoms with Crippen LogP contribution < -0.4 is 0 Å². The normalized spacial score (nSPS) is 46.5. The van der Waals surface area contributed by atoms with Crippen LogP contribution >= 0.6 is 0 Å². The van der Waals surface area contributed by atoms with Crippen LogP contribution in [0.25, 0.3) is 0 Å². The van der Waals surface area contributed by atoms with E-state index in [1.807, 2.05) is 6.92 Å². The van der Waals surface area contributed by atoms with E-state index in [9.17, 15) is 24.3 Å². The number of ether oxygens (including phenoxy) is 1. The Balaban J connectivity index is 1.64. The Labute approximate surface area is 171 Å². The van der Waals surface area contributed by atoms with Gasteiger partial charge < -0.3 is 9.84 Å². The molecule has 6 nitrogen and oxygen atoms in total. The van der Waals surface area contributed by atoms with Crippen molar-refractivity contribution < 1.29 is 29.0 Å². The van der Waals surface area contributed by atoms with Crippen LogP contribution in [0, 0.1) is 34.5 Å². The third kappa shape index (κ3) is 2.85. The molecular weight excluding hydrogens is 372 g/mol. The van der Waals surface area contributed by atoms with Crippen LogP contribution in [-0.4, -0.2) is 40.6 Å². The summed E-state index contributed by atoms with van der Waals surface area (Å²) in [6.45, 7) is 4.86. The second kappa shape index (κ2) is 6.73. The maximum Gasteiger partial charge on any atom is 0.303 e. The first kappa shape index (κ1) is 20.7. The van der Waals surface area contributed by atoms with Gasteiger partial charge in [0, 0.05) is 37.5 Å². The summed E-state index contributed by atoms with van der Waals surface area (Å²) in [7, 11) is 0. The zero-order valence-corrected chi connectivity index (χ0v) is 17.7. The van der Waals surface area contributed by atoms with E-state index in [2.05, 4.69) is 6.92 Å². The van der Waals surface area contributed by atoms with Crippen molar-refractivity contribution in [1.82, 2.24) is 0 Å². The molecule has 0 radical (unpaired) electrons. The maximum atomic E-state index is 13.5. The first-order valence-corrected chi connectivity index (χ1v) is 11.0. The first-order chi connectivity index (χ1) is 13.5. The molecule has 0 bridgehead atoms. The van der Waals surface area contributed by atoms with Gasteiger partial charge in [-0.15, -0.1) is 0 Å². The SMILES string of the molecule is CC(=O)OCC(=O)[C@]1(O)CC[C@H]2[C@@H]3CC[C@H]4CC(=O)CC[C@]4(C)[C@H]3C(=O)C[C@@]21C. The molecule has 0 amide bonds. The fourth-order valence-corrected chi connectivity index (χ4v) is 7.61. The molecule has 0 unspecified atom stereocenters. The van der Waals surface area contributed by atoms with Gasteiger partial charge in [-0.25, -0.2) is 0 Å². The van der Waals surface area contributed by atoms with E-state index < -0.39 is 29.4 Å². The quantitative estimate of drug-likeness (QED) is 0.726. The molecule has 4 rings (SSSR count). The van der Waals surface area contributed by atoms with Crippen molar-refractivity contribution in [2.45, 2.75) is 77.7 Å². The number of rotatable bonds is 3. The van der Waals surface area contributed by atoms with Crippen molar-refractivity contribution in [3.63, 3.8) is 0 Å². The lowest BCUT2D eigenvalue weighted by Gasteiger charge is -2.59. The average Bonchev–Trinajstić information content (AvgIpc) is 2.91. The molecule has 0 spiro atoms. The lowest BCUT2D eigenvalue weighted by atomic mass is 9.44. The molecule has 4 saturated carbocycles. The van der Waals surface area contributed by atoms with Crippen molar-refractivity contribution in [2.24, 2.45) is 34.5 Å². The minimum atomic E-state index is -1.63. The topological polar surface area (TPSA) is 97.7 Å². The third-order valence-corrected chi connectivity index (χ3v) is 9.19. The molecule has 0 aliphatic heterocycles. The number of esters is 1. The maximum absolute atomic E-state index is 13.5. The number of hydrogen-bond donors (Lipinski definition) is 1. The van der Waals surface area contributed by atoms with Crippen LogP contribution in [0.15, 0.2) is 0 Å². The molecule has 1 N–H and O–H groups in total. The summed E-state index contributed by atoms with van der Waals surface area (Å²) in [6, 6.07) is 0. The standard InChI is InChI=1S/C23H32O6/c1-13(24)29-12-19(27)23(28)9-7-17-16-5-4-14-10-15(25)6-8-21(14,2)20(16)18(26)11-22(17,23)3/h14,16-17,20,28H,4-12H2,1-3H3/t14-,16-,17-,20+,21-,22-,23+/m0/s1. The summed E-state index contributed by atoms with van der Waals surface area (Å²) in [5, 5.41) is 11.4. The van der Waals surface area contributed by atoms with Gasteiger partial charge in [-0.3, -0.25) is 19.2 Å². The summed E-state index contributed by atoms with van der Waals surface area (Å²) in [6.07, 6.45) is 4.90. The van der Waals surface area contributed by atoms with Crippen LogP contribution in [0.2, 0.25) is 0 Å². The molecule has 0 aromatic carbocycles. The lowest BCUT2D eigenvalue weighted by Crippen LogP contribution is -2.62. The predicted octanol–water partition coefficient (Wildman–Crippen LogP) is 2.64. The van der Waals surface area contributed by atoms with E-state index in [1.165, 1.54) is 6.92 Å². The molecule has 29 heavy (non-hydrogen) atoms. The van der Waals surface area contributed by atoms with Gasteiger partial charge in [0.05, 0.1) is 0 Å². The van der Waals surface area contributed by atoms with Gasteiger partial charge in [-0.05, 0) is 55.3 Å². The van der Waals surface area contributed by atoms with Gasteiger partial charge in [0.2, 0.25) is 5.78 Å².